The summed E-state index contributed by atoms with van der Waals surface area (Å²) < 4.78 is 6.07. The molecule has 0 radical (unpaired) electrons. The third-order valence-electron chi connectivity index (χ3n) is 5.05. The average molecular weight is 536 g/mol. The topological polar surface area (TPSA) is 74.8 Å². The summed E-state index contributed by atoms with van der Waals surface area (Å²) in [5.74, 6) is 2.34. The molecule has 168 valence electrons. The molecule has 7 heteroatoms. The van der Waals surface area contributed by atoms with Gasteiger partial charge in [-0.05, 0) is 61.9 Å². The monoisotopic (exact) mass is 536 g/mol. The lowest BCUT2D eigenvalue weighted by Crippen LogP contribution is -2.36. The van der Waals surface area contributed by atoms with Crippen molar-refractivity contribution in [3.8, 4) is 5.75 Å². The van der Waals surface area contributed by atoms with Crippen LogP contribution < -0.4 is 20.7 Å². The zero-order valence-electron chi connectivity index (χ0n) is 18.5. The molecule has 3 rings (SSSR count). The Bertz CT molecular complexity index is 880. The fraction of sp³-hybridized carbons (Fsp3) is 0.417. The van der Waals surface area contributed by atoms with Crippen molar-refractivity contribution in [2.45, 2.75) is 39.8 Å². The van der Waals surface area contributed by atoms with Gasteiger partial charge in [0.15, 0.2) is 5.96 Å². The second-order valence-corrected chi connectivity index (χ2v) is 7.69. The number of halogens is 1. The van der Waals surface area contributed by atoms with E-state index in [0.717, 1.165) is 41.9 Å². The van der Waals surface area contributed by atoms with Gasteiger partial charge in [0, 0.05) is 31.3 Å². The Kier molecular flexibility index (Phi) is 10.1. The van der Waals surface area contributed by atoms with Crippen molar-refractivity contribution in [3.63, 3.8) is 0 Å². The first-order valence-electron chi connectivity index (χ1n) is 10.6. The van der Waals surface area contributed by atoms with Crippen LogP contribution in [0.5, 0.6) is 5.75 Å². The first kappa shape index (κ1) is 25.0. The van der Waals surface area contributed by atoms with E-state index in [1.165, 1.54) is 18.4 Å². The molecule has 2 aromatic carbocycles. The van der Waals surface area contributed by atoms with Gasteiger partial charge in [-0.3, -0.25) is 4.79 Å². The Hall–Kier alpha value is -2.29. The number of nitrogens with one attached hydrogen (secondary N) is 3. The van der Waals surface area contributed by atoms with Gasteiger partial charge in [0.1, 0.15) is 5.75 Å². The van der Waals surface area contributed by atoms with E-state index in [1.807, 2.05) is 31.2 Å². The standard InChI is InChI=1S/C24H32N4O2.HI/c1-4-26-24(27-14-18-8-11-20(12-9-18)23(29)25-3)28-15-21-10-5-17(2)13-22(21)30-16-19-6-7-19;/h5,8-13,19H,4,6-7,14-16H2,1-3H3,(H,25,29)(H2,26,27,28);1H. The van der Waals surface area contributed by atoms with E-state index >= 15 is 0 Å². The molecule has 1 aliphatic carbocycles. The summed E-state index contributed by atoms with van der Waals surface area (Å²) in [6.07, 6.45) is 2.56. The van der Waals surface area contributed by atoms with Gasteiger partial charge < -0.3 is 20.7 Å². The first-order chi connectivity index (χ1) is 14.6. The zero-order chi connectivity index (χ0) is 21.3. The molecule has 0 aliphatic heterocycles. The number of ether oxygens (including phenoxy) is 1. The van der Waals surface area contributed by atoms with Crippen LogP contribution >= 0.6 is 24.0 Å². The number of amides is 1. The van der Waals surface area contributed by atoms with E-state index in [-0.39, 0.29) is 29.9 Å². The van der Waals surface area contributed by atoms with Gasteiger partial charge in [-0.15, -0.1) is 24.0 Å². The first-order valence-corrected chi connectivity index (χ1v) is 10.6. The van der Waals surface area contributed by atoms with Gasteiger partial charge in [-0.1, -0.05) is 24.3 Å². The van der Waals surface area contributed by atoms with E-state index in [2.05, 4.69) is 46.1 Å². The predicted octanol–water partition coefficient (Wildman–Crippen LogP) is 4.02. The Balaban J connectivity index is 0.00000341. The van der Waals surface area contributed by atoms with Gasteiger partial charge in [0.2, 0.25) is 0 Å². The minimum absolute atomic E-state index is 0. The van der Waals surface area contributed by atoms with Crippen molar-refractivity contribution in [1.82, 2.24) is 16.0 Å². The number of benzene rings is 2. The van der Waals surface area contributed by atoms with Crippen LogP contribution in [0, 0.1) is 12.8 Å². The summed E-state index contributed by atoms with van der Waals surface area (Å²) in [6.45, 7) is 6.88. The van der Waals surface area contributed by atoms with Gasteiger partial charge in [0.25, 0.3) is 5.91 Å². The highest BCUT2D eigenvalue weighted by Gasteiger charge is 2.22. The molecule has 0 unspecified atom stereocenters. The van der Waals surface area contributed by atoms with Crippen molar-refractivity contribution in [3.05, 3.63) is 64.7 Å². The van der Waals surface area contributed by atoms with Crippen LogP contribution in [0.3, 0.4) is 0 Å². The molecule has 6 nitrogen and oxygen atoms in total. The van der Waals surface area contributed by atoms with Gasteiger partial charge in [-0.2, -0.15) is 0 Å². The van der Waals surface area contributed by atoms with E-state index < -0.39 is 0 Å². The average Bonchev–Trinajstić information content (AvgIpc) is 3.59. The van der Waals surface area contributed by atoms with Crippen LogP contribution in [0.25, 0.3) is 0 Å². The van der Waals surface area contributed by atoms with Crippen molar-refractivity contribution >= 4 is 35.8 Å². The van der Waals surface area contributed by atoms with Crippen LogP contribution in [-0.4, -0.2) is 32.1 Å². The molecule has 0 bridgehead atoms. The molecule has 0 atom stereocenters. The summed E-state index contributed by atoms with van der Waals surface area (Å²) in [5.41, 5.74) is 4.02. The van der Waals surface area contributed by atoms with Crippen molar-refractivity contribution in [1.29, 1.82) is 0 Å². The van der Waals surface area contributed by atoms with Crippen LogP contribution in [0.2, 0.25) is 0 Å². The van der Waals surface area contributed by atoms with Crippen molar-refractivity contribution in [2.75, 3.05) is 20.2 Å². The molecule has 0 saturated heterocycles. The molecule has 0 spiro atoms. The quantitative estimate of drug-likeness (QED) is 0.257. The number of aryl methyl sites for hydroxylation is 1. The maximum absolute atomic E-state index is 11.7. The maximum atomic E-state index is 11.7. The number of hydrogen-bond donors (Lipinski definition) is 3. The largest absolute Gasteiger partial charge is 0.493 e. The Morgan fingerprint density at radius 1 is 1.13 bits per heavy atom. The third-order valence-corrected chi connectivity index (χ3v) is 5.05. The highest BCUT2D eigenvalue weighted by molar-refractivity contribution is 14.0. The lowest BCUT2D eigenvalue weighted by Gasteiger charge is -2.15. The van der Waals surface area contributed by atoms with E-state index in [0.29, 0.717) is 18.7 Å². The number of nitrogens with zero attached hydrogens (tertiary/aromatic N) is 1. The van der Waals surface area contributed by atoms with Crippen LogP contribution in [0.1, 0.15) is 46.8 Å². The lowest BCUT2D eigenvalue weighted by atomic mass is 10.1. The summed E-state index contributed by atoms with van der Waals surface area (Å²) in [6, 6.07) is 13.8. The smallest absolute Gasteiger partial charge is 0.251 e. The maximum Gasteiger partial charge on any atom is 0.251 e. The summed E-state index contributed by atoms with van der Waals surface area (Å²) in [4.78, 5) is 16.3. The molecule has 1 fully saturated rings. The number of carbonyl (C=O) groups is 1. The molecule has 1 aliphatic rings. The highest BCUT2D eigenvalue weighted by atomic mass is 127. The van der Waals surface area contributed by atoms with Crippen molar-refractivity contribution < 1.29 is 9.53 Å². The van der Waals surface area contributed by atoms with E-state index in [9.17, 15) is 4.79 Å². The molecule has 1 saturated carbocycles. The Morgan fingerprint density at radius 3 is 2.52 bits per heavy atom. The minimum Gasteiger partial charge on any atom is -0.493 e. The minimum atomic E-state index is -0.0853. The second kappa shape index (κ2) is 12.5. The summed E-state index contributed by atoms with van der Waals surface area (Å²) in [5, 5.41) is 9.32. The van der Waals surface area contributed by atoms with Gasteiger partial charge >= 0.3 is 0 Å². The van der Waals surface area contributed by atoms with Crippen LogP contribution in [0.4, 0.5) is 0 Å². The predicted molar refractivity (Wildman–Crippen MR) is 136 cm³/mol. The fourth-order valence-electron chi connectivity index (χ4n) is 3.03. The number of guanidine groups is 1. The number of aliphatic imine (C=N–C) groups is 1. The van der Waals surface area contributed by atoms with Crippen LogP contribution in [-0.2, 0) is 13.1 Å². The fourth-order valence-corrected chi connectivity index (χ4v) is 3.03. The van der Waals surface area contributed by atoms with E-state index in [1.54, 1.807) is 7.05 Å². The second-order valence-electron chi connectivity index (χ2n) is 7.69. The number of rotatable bonds is 9. The normalized spacial score (nSPS) is 13.2. The Labute approximate surface area is 202 Å². The van der Waals surface area contributed by atoms with Gasteiger partial charge in [0.05, 0.1) is 13.2 Å². The molecule has 0 aromatic heterocycles. The summed E-state index contributed by atoms with van der Waals surface area (Å²) in [7, 11) is 1.63. The molecule has 3 N–H and O–H groups in total. The molecular weight excluding hydrogens is 503 g/mol. The third kappa shape index (κ3) is 8.05. The molecule has 2 aromatic rings. The molecule has 0 heterocycles. The van der Waals surface area contributed by atoms with Gasteiger partial charge in [-0.25, -0.2) is 4.99 Å². The number of carbonyl (C=O) groups excluding carboxylic acids is 1. The highest BCUT2D eigenvalue weighted by Crippen LogP contribution is 2.30. The SMILES string of the molecule is CCNC(=NCc1ccc(C(=O)NC)cc1)NCc1ccc(C)cc1OCC1CC1.I. The zero-order valence-corrected chi connectivity index (χ0v) is 20.9. The lowest BCUT2D eigenvalue weighted by molar-refractivity contribution is 0.0963. The molecule has 31 heavy (non-hydrogen) atoms. The van der Waals surface area contributed by atoms with E-state index in [4.69, 9.17) is 4.74 Å². The molecular formula is C24H33IN4O2. The van der Waals surface area contributed by atoms with Crippen molar-refractivity contribution in [2.24, 2.45) is 10.9 Å². The Morgan fingerprint density at radius 2 is 1.87 bits per heavy atom. The molecule has 1 amide bonds. The summed E-state index contributed by atoms with van der Waals surface area (Å²) >= 11 is 0. The number of hydrogen-bond acceptors (Lipinski definition) is 3. The van der Waals surface area contributed by atoms with Crippen LogP contribution in [0.15, 0.2) is 47.5 Å².